The molecule has 1 aromatic heterocycles. The predicted octanol–water partition coefficient (Wildman–Crippen LogP) is 4.17. The Morgan fingerprint density at radius 3 is 2.67 bits per heavy atom. The molecule has 2 aliphatic rings. The molecule has 0 bridgehead atoms. The first-order chi connectivity index (χ1) is 10.00. The van der Waals surface area contributed by atoms with Gasteiger partial charge in [-0.15, -0.1) is 11.3 Å². The standard InChI is InChI=1S/C17H20N2OS/c1-16(2)14-13(11-7-3-4-8-12(11)20-16)19-15(21-14)17(18)9-5-6-10-17/h3-4,7-8H,5-6,9-10,18H2,1-2H3. The van der Waals surface area contributed by atoms with Gasteiger partial charge in [-0.3, -0.25) is 0 Å². The van der Waals surface area contributed by atoms with Crippen molar-refractivity contribution in [3.05, 3.63) is 34.2 Å². The van der Waals surface area contributed by atoms with Crippen LogP contribution in [0.3, 0.4) is 0 Å². The zero-order valence-corrected chi connectivity index (χ0v) is 13.3. The minimum atomic E-state index is -0.339. The van der Waals surface area contributed by atoms with Gasteiger partial charge >= 0.3 is 0 Å². The number of nitrogens with two attached hydrogens (primary N) is 1. The Labute approximate surface area is 129 Å². The van der Waals surface area contributed by atoms with Gasteiger partial charge in [0.1, 0.15) is 16.4 Å². The maximum atomic E-state index is 6.61. The monoisotopic (exact) mass is 300 g/mol. The molecule has 4 rings (SSSR count). The summed E-state index contributed by atoms with van der Waals surface area (Å²) in [5.41, 5.74) is 8.20. The zero-order valence-electron chi connectivity index (χ0n) is 12.5. The van der Waals surface area contributed by atoms with Crippen LogP contribution >= 0.6 is 11.3 Å². The molecule has 1 aromatic carbocycles. The van der Waals surface area contributed by atoms with Crippen molar-refractivity contribution >= 4 is 11.3 Å². The van der Waals surface area contributed by atoms with Crippen LogP contribution in [0.5, 0.6) is 5.75 Å². The third kappa shape index (κ3) is 1.93. The summed E-state index contributed by atoms with van der Waals surface area (Å²) in [6, 6.07) is 8.16. The van der Waals surface area contributed by atoms with E-state index in [0.29, 0.717) is 0 Å². The maximum Gasteiger partial charge on any atom is 0.140 e. The molecule has 3 nitrogen and oxygen atoms in total. The van der Waals surface area contributed by atoms with E-state index in [4.69, 9.17) is 15.5 Å². The van der Waals surface area contributed by atoms with E-state index < -0.39 is 0 Å². The number of para-hydroxylation sites is 1. The van der Waals surface area contributed by atoms with Crippen molar-refractivity contribution in [1.82, 2.24) is 4.98 Å². The lowest BCUT2D eigenvalue weighted by molar-refractivity contribution is 0.109. The van der Waals surface area contributed by atoms with Crippen molar-refractivity contribution in [2.24, 2.45) is 5.73 Å². The first-order valence-electron chi connectivity index (χ1n) is 7.59. The summed E-state index contributed by atoms with van der Waals surface area (Å²) in [6.07, 6.45) is 4.50. The van der Waals surface area contributed by atoms with Crippen LogP contribution in [0, 0.1) is 0 Å². The van der Waals surface area contributed by atoms with E-state index in [0.717, 1.165) is 34.9 Å². The number of hydrogen-bond donors (Lipinski definition) is 1. The van der Waals surface area contributed by atoms with Gasteiger partial charge in [-0.1, -0.05) is 25.0 Å². The van der Waals surface area contributed by atoms with E-state index in [1.807, 2.05) is 18.2 Å². The summed E-state index contributed by atoms with van der Waals surface area (Å²) in [5, 5.41) is 1.08. The van der Waals surface area contributed by atoms with Crippen LogP contribution in [-0.4, -0.2) is 4.98 Å². The molecule has 0 saturated heterocycles. The fraction of sp³-hybridized carbons (Fsp3) is 0.471. The molecule has 21 heavy (non-hydrogen) atoms. The van der Waals surface area contributed by atoms with Crippen LogP contribution in [-0.2, 0) is 11.1 Å². The van der Waals surface area contributed by atoms with Crippen LogP contribution < -0.4 is 10.5 Å². The number of benzene rings is 1. The van der Waals surface area contributed by atoms with Crippen LogP contribution in [0.25, 0.3) is 11.3 Å². The molecule has 0 unspecified atom stereocenters. The molecule has 1 aliphatic heterocycles. The summed E-state index contributed by atoms with van der Waals surface area (Å²) in [4.78, 5) is 6.16. The van der Waals surface area contributed by atoms with E-state index in [9.17, 15) is 0 Å². The Balaban J connectivity index is 1.90. The Bertz CT molecular complexity index is 699. The summed E-state index contributed by atoms with van der Waals surface area (Å²) >= 11 is 1.74. The van der Waals surface area contributed by atoms with Crippen molar-refractivity contribution in [2.45, 2.75) is 50.7 Å². The predicted molar refractivity (Wildman–Crippen MR) is 85.5 cm³/mol. The quantitative estimate of drug-likeness (QED) is 0.860. The number of aromatic nitrogens is 1. The molecule has 1 aliphatic carbocycles. The second-order valence-electron chi connectivity index (χ2n) is 6.67. The average molecular weight is 300 g/mol. The highest BCUT2D eigenvalue weighted by Gasteiger charge is 2.41. The fourth-order valence-electron chi connectivity index (χ4n) is 3.42. The molecule has 1 saturated carbocycles. The first kappa shape index (κ1) is 13.3. The maximum absolute atomic E-state index is 6.61. The van der Waals surface area contributed by atoms with Crippen LogP contribution in [0.15, 0.2) is 24.3 Å². The van der Waals surface area contributed by atoms with Gasteiger partial charge in [0.25, 0.3) is 0 Å². The Morgan fingerprint density at radius 2 is 1.90 bits per heavy atom. The second-order valence-corrected chi connectivity index (χ2v) is 7.67. The van der Waals surface area contributed by atoms with Gasteiger partial charge < -0.3 is 10.5 Å². The molecule has 0 atom stereocenters. The van der Waals surface area contributed by atoms with E-state index in [2.05, 4.69) is 19.9 Å². The van der Waals surface area contributed by atoms with Gasteiger partial charge in [0.05, 0.1) is 16.1 Å². The highest BCUT2D eigenvalue weighted by Crippen LogP contribution is 2.49. The van der Waals surface area contributed by atoms with Crippen molar-refractivity contribution in [1.29, 1.82) is 0 Å². The first-order valence-corrected chi connectivity index (χ1v) is 8.40. The number of fused-ring (bicyclic) bond motifs is 3. The minimum absolute atomic E-state index is 0.229. The molecule has 0 spiro atoms. The summed E-state index contributed by atoms with van der Waals surface area (Å²) in [5.74, 6) is 0.921. The van der Waals surface area contributed by atoms with Gasteiger partial charge in [0.15, 0.2) is 0 Å². The summed E-state index contributed by atoms with van der Waals surface area (Å²) in [7, 11) is 0. The third-order valence-corrected chi connectivity index (χ3v) is 6.18. The number of ether oxygens (including phenoxy) is 1. The SMILES string of the molecule is CC1(C)Oc2ccccc2-c2nc(C3(N)CCCC3)sc21. The van der Waals surface area contributed by atoms with Gasteiger partial charge in [-0.05, 0) is 38.8 Å². The van der Waals surface area contributed by atoms with E-state index >= 15 is 0 Å². The topological polar surface area (TPSA) is 48.1 Å². The van der Waals surface area contributed by atoms with E-state index in [-0.39, 0.29) is 11.1 Å². The Kier molecular flexibility index (Phi) is 2.72. The highest BCUT2D eigenvalue weighted by atomic mass is 32.1. The molecular formula is C17H20N2OS. The molecule has 2 heterocycles. The van der Waals surface area contributed by atoms with Gasteiger partial charge in [0, 0.05) is 5.56 Å². The number of nitrogens with zero attached hydrogens (tertiary/aromatic N) is 1. The molecule has 2 aromatic rings. The highest BCUT2D eigenvalue weighted by molar-refractivity contribution is 7.12. The molecule has 4 heteroatoms. The zero-order chi connectivity index (χ0) is 14.7. The molecule has 0 amide bonds. The van der Waals surface area contributed by atoms with Crippen molar-refractivity contribution in [2.75, 3.05) is 0 Å². The van der Waals surface area contributed by atoms with E-state index in [1.54, 1.807) is 11.3 Å². The lowest BCUT2D eigenvalue weighted by atomic mass is 9.96. The lowest BCUT2D eigenvalue weighted by Gasteiger charge is -2.31. The fourth-order valence-corrected chi connectivity index (χ4v) is 4.69. The van der Waals surface area contributed by atoms with Crippen LogP contribution in [0.2, 0.25) is 0 Å². The third-order valence-electron chi connectivity index (χ3n) is 4.60. The Hall–Kier alpha value is -1.39. The molecule has 2 N–H and O–H groups in total. The summed E-state index contributed by atoms with van der Waals surface area (Å²) in [6.45, 7) is 4.23. The average Bonchev–Trinajstić information content (AvgIpc) is 3.06. The van der Waals surface area contributed by atoms with E-state index in [1.165, 1.54) is 17.7 Å². The summed E-state index contributed by atoms with van der Waals surface area (Å²) < 4.78 is 6.18. The minimum Gasteiger partial charge on any atom is -0.482 e. The van der Waals surface area contributed by atoms with Crippen molar-refractivity contribution < 1.29 is 4.74 Å². The van der Waals surface area contributed by atoms with Gasteiger partial charge in [-0.25, -0.2) is 4.98 Å². The number of thiazole rings is 1. The van der Waals surface area contributed by atoms with Crippen molar-refractivity contribution in [3.8, 4) is 17.0 Å². The largest absolute Gasteiger partial charge is 0.482 e. The van der Waals surface area contributed by atoms with Crippen molar-refractivity contribution in [3.63, 3.8) is 0 Å². The van der Waals surface area contributed by atoms with Gasteiger partial charge in [0.2, 0.25) is 0 Å². The molecule has 1 fully saturated rings. The number of rotatable bonds is 1. The molecule has 0 radical (unpaired) electrons. The second kappa shape index (κ2) is 4.31. The van der Waals surface area contributed by atoms with Crippen LogP contribution in [0.1, 0.15) is 49.4 Å². The molecule has 110 valence electrons. The van der Waals surface area contributed by atoms with Crippen LogP contribution in [0.4, 0.5) is 0 Å². The van der Waals surface area contributed by atoms with Gasteiger partial charge in [-0.2, -0.15) is 0 Å². The number of hydrogen-bond acceptors (Lipinski definition) is 4. The smallest absolute Gasteiger partial charge is 0.140 e. The normalized spacial score (nSPS) is 21.5. The lowest BCUT2D eigenvalue weighted by Crippen LogP contribution is -2.32. The molecular weight excluding hydrogens is 280 g/mol. The Morgan fingerprint density at radius 1 is 1.19 bits per heavy atom.